The Kier molecular flexibility index (Phi) is 4.06. The Hall–Kier alpha value is -3.48. The zero-order valence-electron chi connectivity index (χ0n) is 13.4. The monoisotopic (exact) mass is 337 g/mol. The van der Waals surface area contributed by atoms with Gasteiger partial charge in [-0.25, -0.2) is 14.6 Å². The molecule has 0 radical (unpaired) electrons. The average molecular weight is 337 g/mol. The summed E-state index contributed by atoms with van der Waals surface area (Å²) in [4.78, 5) is 42.9. The van der Waals surface area contributed by atoms with E-state index in [1.165, 1.54) is 10.6 Å². The van der Waals surface area contributed by atoms with Gasteiger partial charge in [0.05, 0.1) is 16.6 Å². The number of rotatable bonds is 4. The normalized spacial score (nSPS) is 10.8. The van der Waals surface area contributed by atoms with Crippen molar-refractivity contribution in [2.45, 2.75) is 13.5 Å². The Bertz CT molecular complexity index is 1110. The molecule has 0 spiro atoms. The maximum absolute atomic E-state index is 12.5. The van der Waals surface area contributed by atoms with E-state index in [1.54, 1.807) is 37.3 Å². The van der Waals surface area contributed by atoms with Crippen molar-refractivity contribution < 1.29 is 9.90 Å². The third-order valence-corrected chi connectivity index (χ3v) is 3.90. The molecule has 0 bridgehead atoms. The van der Waals surface area contributed by atoms with Crippen molar-refractivity contribution in [3.63, 3.8) is 0 Å². The summed E-state index contributed by atoms with van der Waals surface area (Å²) < 4.78 is 1.26. The molecule has 0 saturated carbocycles. The SMILES string of the molecule is C=CCn1c(=O)[nH]c(=O)c2c(-c3ccccc3)c(C(=O)O)c(C)nc21. The number of pyridine rings is 1. The smallest absolute Gasteiger partial charge is 0.338 e. The second kappa shape index (κ2) is 6.20. The number of hydrogen-bond donors (Lipinski definition) is 2. The van der Waals surface area contributed by atoms with E-state index in [2.05, 4.69) is 16.5 Å². The van der Waals surface area contributed by atoms with Crippen LogP contribution in [0, 0.1) is 6.92 Å². The van der Waals surface area contributed by atoms with Gasteiger partial charge < -0.3 is 5.11 Å². The fourth-order valence-corrected chi connectivity index (χ4v) is 2.88. The van der Waals surface area contributed by atoms with E-state index in [-0.39, 0.29) is 34.4 Å². The highest BCUT2D eigenvalue weighted by molar-refractivity contribution is 6.06. The molecule has 0 unspecified atom stereocenters. The van der Waals surface area contributed by atoms with Gasteiger partial charge in [-0.2, -0.15) is 0 Å². The minimum Gasteiger partial charge on any atom is -0.478 e. The van der Waals surface area contributed by atoms with Crippen LogP contribution >= 0.6 is 0 Å². The van der Waals surface area contributed by atoms with E-state index in [4.69, 9.17) is 0 Å². The van der Waals surface area contributed by atoms with Crippen LogP contribution in [0.15, 0.2) is 52.6 Å². The fraction of sp³-hybridized carbons (Fsp3) is 0.111. The van der Waals surface area contributed by atoms with Gasteiger partial charge in [-0.1, -0.05) is 36.4 Å². The van der Waals surface area contributed by atoms with Crippen LogP contribution in [0.3, 0.4) is 0 Å². The molecular weight excluding hydrogens is 322 g/mol. The second-order valence-corrected chi connectivity index (χ2v) is 5.48. The standard InChI is InChI=1S/C18H15N3O4/c1-3-9-21-15-14(16(22)20-18(21)25)13(11-7-5-4-6-8-11)12(17(23)24)10(2)19-15/h3-8H,1,9H2,2H3,(H,23,24)(H,20,22,25). The molecule has 7 heteroatoms. The Balaban J connectivity index is 2.63. The molecule has 0 aliphatic rings. The first-order valence-corrected chi connectivity index (χ1v) is 7.52. The number of carboxylic acids is 1. The first kappa shape index (κ1) is 16.4. The van der Waals surface area contributed by atoms with Crippen LogP contribution in [0.25, 0.3) is 22.2 Å². The summed E-state index contributed by atoms with van der Waals surface area (Å²) in [6.07, 6.45) is 1.50. The number of nitrogens with zero attached hydrogens (tertiary/aromatic N) is 2. The zero-order valence-corrected chi connectivity index (χ0v) is 13.4. The van der Waals surface area contributed by atoms with Crippen molar-refractivity contribution in [2.75, 3.05) is 0 Å². The lowest BCUT2D eigenvalue weighted by Gasteiger charge is -2.14. The van der Waals surface area contributed by atoms with Gasteiger partial charge in [-0.05, 0) is 12.5 Å². The third-order valence-electron chi connectivity index (χ3n) is 3.90. The number of benzene rings is 1. The highest BCUT2D eigenvalue weighted by atomic mass is 16.4. The second-order valence-electron chi connectivity index (χ2n) is 5.48. The Morgan fingerprint density at radius 1 is 1.32 bits per heavy atom. The van der Waals surface area contributed by atoms with Gasteiger partial charge in [0.1, 0.15) is 0 Å². The number of fused-ring (bicyclic) bond motifs is 1. The largest absolute Gasteiger partial charge is 0.478 e. The predicted octanol–water partition coefficient (Wildman–Crippen LogP) is 1.94. The van der Waals surface area contributed by atoms with Gasteiger partial charge in [-0.3, -0.25) is 14.3 Å². The molecule has 3 rings (SSSR count). The fourth-order valence-electron chi connectivity index (χ4n) is 2.88. The molecule has 1 aromatic carbocycles. The van der Waals surface area contributed by atoms with Gasteiger partial charge in [0.15, 0.2) is 5.65 Å². The van der Waals surface area contributed by atoms with Crippen LogP contribution in [0.5, 0.6) is 0 Å². The lowest BCUT2D eigenvalue weighted by atomic mass is 9.96. The molecule has 2 heterocycles. The van der Waals surface area contributed by atoms with Crippen molar-refractivity contribution in [1.82, 2.24) is 14.5 Å². The molecule has 0 amide bonds. The topological polar surface area (TPSA) is 105 Å². The van der Waals surface area contributed by atoms with Gasteiger partial charge in [0.25, 0.3) is 5.56 Å². The maximum atomic E-state index is 12.5. The molecule has 0 saturated heterocycles. The van der Waals surface area contributed by atoms with Crippen LogP contribution < -0.4 is 11.2 Å². The molecule has 3 aromatic rings. The van der Waals surface area contributed by atoms with Crippen LogP contribution in [-0.4, -0.2) is 25.6 Å². The van der Waals surface area contributed by atoms with E-state index in [1.807, 2.05) is 0 Å². The van der Waals surface area contributed by atoms with Crippen molar-refractivity contribution >= 4 is 17.0 Å². The summed E-state index contributed by atoms with van der Waals surface area (Å²) in [7, 11) is 0. The minimum atomic E-state index is -1.19. The quantitative estimate of drug-likeness (QED) is 0.708. The van der Waals surface area contributed by atoms with Crippen molar-refractivity contribution in [3.05, 3.63) is 75.1 Å². The number of hydrogen-bond acceptors (Lipinski definition) is 4. The number of aromatic nitrogens is 3. The van der Waals surface area contributed by atoms with Gasteiger partial charge in [-0.15, -0.1) is 6.58 Å². The van der Waals surface area contributed by atoms with E-state index < -0.39 is 17.2 Å². The molecule has 7 nitrogen and oxygen atoms in total. The van der Waals surface area contributed by atoms with Crippen molar-refractivity contribution in [3.8, 4) is 11.1 Å². The zero-order chi connectivity index (χ0) is 18.1. The van der Waals surface area contributed by atoms with Gasteiger partial charge >= 0.3 is 11.7 Å². The Morgan fingerprint density at radius 2 is 2.00 bits per heavy atom. The summed E-state index contributed by atoms with van der Waals surface area (Å²) in [5.74, 6) is -1.19. The number of aromatic carboxylic acids is 1. The molecular formula is C18H15N3O4. The summed E-state index contributed by atoms with van der Waals surface area (Å²) in [5.41, 5.74) is -0.190. The highest BCUT2D eigenvalue weighted by Gasteiger charge is 2.23. The van der Waals surface area contributed by atoms with Crippen LogP contribution in [0.4, 0.5) is 0 Å². The van der Waals surface area contributed by atoms with Crippen molar-refractivity contribution in [2.24, 2.45) is 0 Å². The summed E-state index contributed by atoms with van der Waals surface area (Å²) >= 11 is 0. The molecule has 0 atom stereocenters. The Labute approximate surface area is 141 Å². The molecule has 0 fully saturated rings. The first-order chi connectivity index (χ1) is 12.0. The maximum Gasteiger partial charge on any atom is 0.338 e. The first-order valence-electron chi connectivity index (χ1n) is 7.52. The van der Waals surface area contributed by atoms with Crippen LogP contribution in [0.1, 0.15) is 16.1 Å². The van der Waals surface area contributed by atoms with E-state index in [0.29, 0.717) is 5.56 Å². The predicted molar refractivity (Wildman–Crippen MR) is 94.0 cm³/mol. The van der Waals surface area contributed by atoms with Crippen LogP contribution in [-0.2, 0) is 6.54 Å². The lowest BCUT2D eigenvalue weighted by molar-refractivity contribution is 0.0696. The molecule has 2 aromatic heterocycles. The van der Waals surface area contributed by atoms with Crippen molar-refractivity contribution in [1.29, 1.82) is 0 Å². The number of aryl methyl sites for hydroxylation is 1. The number of carboxylic acid groups (broad SMARTS) is 1. The van der Waals surface area contributed by atoms with E-state index in [9.17, 15) is 19.5 Å². The number of allylic oxidation sites excluding steroid dienone is 1. The van der Waals surface area contributed by atoms with E-state index in [0.717, 1.165) is 0 Å². The molecule has 126 valence electrons. The van der Waals surface area contributed by atoms with Gasteiger partial charge in [0.2, 0.25) is 0 Å². The number of aromatic amines is 1. The molecule has 25 heavy (non-hydrogen) atoms. The summed E-state index contributed by atoms with van der Waals surface area (Å²) in [6, 6.07) is 8.71. The highest BCUT2D eigenvalue weighted by Crippen LogP contribution is 2.30. The molecule has 0 aliphatic heterocycles. The number of carbonyl (C=O) groups is 1. The van der Waals surface area contributed by atoms with E-state index >= 15 is 0 Å². The summed E-state index contributed by atoms with van der Waals surface area (Å²) in [6.45, 7) is 5.28. The Morgan fingerprint density at radius 3 is 2.60 bits per heavy atom. The van der Waals surface area contributed by atoms with Crippen LogP contribution in [0.2, 0.25) is 0 Å². The number of nitrogens with one attached hydrogen (secondary N) is 1. The number of H-pyrrole nitrogens is 1. The average Bonchev–Trinajstić information content (AvgIpc) is 2.57. The minimum absolute atomic E-state index is 0.0620. The molecule has 0 aliphatic carbocycles. The van der Waals surface area contributed by atoms with Gasteiger partial charge in [0, 0.05) is 12.1 Å². The lowest BCUT2D eigenvalue weighted by Crippen LogP contribution is -2.31. The third kappa shape index (κ3) is 2.65. The molecule has 2 N–H and O–H groups in total. The summed E-state index contributed by atoms with van der Waals surface area (Å²) in [5, 5.41) is 9.71.